The molecule has 0 spiro atoms. The van der Waals surface area contributed by atoms with E-state index < -0.39 is 0 Å². The number of rotatable bonds is 22. The van der Waals surface area contributed by atoms with Crippen LogP contribution < -0.4 is 0 Å². The van der Waals surface area contributed by atoms with Crippen LogP contribution in [0.25, 0.3) is 0 Å². The molecule has 2 aliphatic heterocycles. The molecule has 0 bridgehead atoms. The molecule has 2 heterocycles. The Bertz CT molecular complexity index is 771. The Morgan fingerprint density at radius 2 is 1.03 bits per heavy atom. The predicted octanol–water partition coefficient (Wildman–Crippen LogP) is 5.85. The van der Waals surface area contributed by atoms with E-state index >= 15 is 0 Å². The van der Waals surface area contributed by atoms with Gasteiger partial charge in [-0.05, 0) is 6.26 Å². The Balaban J connectivity index is 1.86. The molecule has 37 heavy (non-hydrogen) atoms. The van der Waals surface area contributed by atoms with E-state index in [1.54, 1.807) is 23.5 Å². The zero-order valence-corrected chi connectivity index (χ0v) is 27.2. The lowest BCUT2D eigenvalue weighted by Gasteiger charge is -2.07. The van der Waals surface area contributed by atoms with Gasteiger partial charge in [0.1, 0.15) is 0 Å². The van der Waals surface area contributed by atoms with E-state index in [0.717, 1.165) is 17.3 Å². The lowest BCUT2D eigenvalue weighted by Crippen LogP contribution is -2.08. The van der Waals surface area contributed by atoms with E-state index in [1.165, 1.54) is 25.4 Å². The Kier molecular flexibility index (Phi) is 21.3. The molecule has 2 N–H and O–H groups in total. The molecule has 0 aromatic rings. The van der Waals surface area contributed by atoms with Gasteiger partial charge < -0.3 is 29.2 Å². The van der Waals surface area contributed by atoms with Crippen molar-refractivity contribution < 1.29 is 29.2 Å². The third-order valence-corrected chi connectivity index (χ3v) is 15.4. The van der Waals surface area contributed by atoms with Crippen LogP contribution in [0.1, 0.15) is 6.42 Å². The van der Waals surface area contributed by atoms with Gasteiger partial charge in [-0.15, -0.1) is 47.0 Å². The van der Waals surface area contributed by atoms with Gasteiger partial charge in [-0.2, -0.15) is 5.26 Å². The molecule has 0 saturated heterocycles. The molecule has 0 amide bonds. The summed E-state index contributed by atoms with van der Waals surface area (Å²) in [5, 5.41) is 26.4. The van der Waals surface area contributed by atoms with Crippen LogP contribution in [-0.4, -0.2) is 99.8 Å². The summed E-state index contributed by atoms with van der Waals surface area (Å²) in [4.78, 5) is 0. The zero-order valence-electron chi connectivity index (χ0n) is 20.6. The average Bonchev–Trinajstić information content (AvgIpc) is 3.51. The van der Waals surface area contributed by atoms with Gasteiger partial charge in [-0.3, -0.25) is 0 Å². The fourth-order valence-electron chi connectivity index (χ4n) is 2.45. The first-order chi connectivity index (χ1) is 18.2. The third-order valence-electron chi connectivity index (χ3n) is 4.01. The number of hydrogen-bond acceptors (Lipinski definition) is 15. The molecule has 0 fully saturated rings. The molecule has 0 aromatic carbocycles. The highest BCUT2D eigenvalue weighted by atomic mass is 32.3. The quantitative estimate of drug-likeness (QED) is 0.135. The molecule has 2 rings (SSSR count). The highest BCUT2D eigenvalue weighted by Crippen LogP contribution is 2.65. The second kappa shape index (κ2) is 22.9. The molecule has 0 aliphatic carbocycles. The first-order valence-corrected chi connectivity index (χ1v) is 18.9. The summed E-state index contributed by atoms with van der Waals surface area (Å²) in [6.07, 6.45) is 2.67. The maximum absolute atomic E-state index is 8.88. The fourth-order valence-corrected chi connectivity index (χ4v) is 13.8. The second-order valence-electron chi connectivity index (χ2n) is 6.69. The molecule has 0 unspecified atom stereocenters. The minimum absolute atomic E-state index is 0.0320. The fraction of sp³-hybridized carbons (Fsp3) is 0.682. The summed E-state index contributed by atoms with van der Waals surface area (Å²) in [6, 6.07) is 2.23. The van der Waals surface area contributed by atoms with Crippen molar-refractivity contribution in [1.82, 2.24) is 0 Å². The number of aliphatic hydroxyl groups excluding tert-OH is 2. The van der Waals surface area contributed by atoms with Crippen LogP contribution in [0.4, 0.5) is 0 Å². The number of aliphatic hydroxyl groups is 2. The van der Waals surface area contributed by atoms with Crippen molar-refractivity contribution in [1.29, 1.82) is 5.26 Å². The molecule has 0 radical (unpaired) electrons. The van der Waals surface area contributed by atoms with E-state index in [4.69, 9.17) is 34.4 Å². The monoisotopic (exact) mass is 663 g/mol. The minimum Gasteiger partial charge on any atom is -0.394 e. The molecule has 0 atom stereocenters. The topological polar surface area (TPSA) is 101 Å². The van der Waals surface area contributed by atoms with Gasteiger partial charge in [-0.1, -0.05) is 47.0 Å². The van der Waals surface area contributed by atoms with Crippen LogP contribution in [-0.2, 0) is 18.9 Å². The maximum atomic E-state index is 8.88. The normalized spacial score (nSPS) is 15.9. The molecular weight excluding hydrogens is 631 g/mol. The van der Waals surface area contributed by atoms with Crippen LogP contribution in [0.3, 0.4) is 0 Å². The molecule has 15 heteroatoms. The van der Waals surface area contributed by atoms with Gasteiger partial charge >= 0.3 is 0 Å². The highest BCUT2D eigenvalue weighted by Gasteiger charge is 2.30. The first-order valence-electron chi connectivity index (χ1n) is 11.5. The second-order valence-corrected chi connectivity index (χ2v) is 16.5. The van der Waals surface area contributed by atoms with Crippen LogP contribution in [0, 0.1) is 11.3 Å². The lowest BCUT2D eigenvalue weighted by atomic mass is 10.6. The van der Waals surface area contributed by atoms with Gasteiger partial charge in [-0.25, -0.2) is 0 Å². The minimum atomic E-state index is 0.0320. The van der Waals surface area contributed by atoms with E-state index in [1.807, 2.05) is 70.6 Å². The summed E-state index contributed by atoms with van der Waals surface area (Å²) in [6.45, 7) is 4.09. The molecule has 0 saturated carbocycles. The number of nitriles is 1. The van der Waals surface area contributed by atoms with Gasteiger partial charge in [0.05, 0.1) is 97.6 Å². The van der Waals surface area contributed by atoms with E-state index in [9.17, 15) is 0 Å². The van der Waals surface area contributed by atoms with Gasteiger partial charge in [0, 0.05) is 23.7 Å². The summed E-state index contributed by atoms with van der Waals surface area (Å²) < 4.78 is 29.7. The number of hydrogen-bond donors (Lipinski definition) is 2. The Morgan fingerprint density at radius 1 is 0.622 bits per heavy atom. The lowest BCUT2D eigenvalue weighted by molar-refractivity contribution is 0.0377. The molecule has 210 valence electrons. The largest absolute Gasteiger partial charge is 0.394 e. The van der Waals surface area contributed by atoms with E-state index in [2.05, 4.69) is 12.3 Å². The first kappa shape index (κ1) is 34.5. The smallest absolute Gasteiger partial charge is 0.0717 e. The van der Waals surface area contributed by atoms with Crippen LogP contribution in [0.5, 0.6) is 0 Å². The van der Waals surface area contributed by atoms with E-state index in [0.29, 0.717) is 59.3 Å². The Morgan fingerprint density at radius 3 is 1.46 bits per heavy atom. The van der Waals surface area contributed by atoms with Crippen LogP contribution in [0.15, 0.2) is 25.4 Å². The van der Waals surface area contributed by atoms with Gasteiger partial charge in [0.15, 0.2) is 0 Å². The Labute approximate surface area is 254 Å². The van der Waals surface area contributed by atoms with Crippen LogP contribution >= 0.6 is 94.1 Å². The van der Waals surface area contributed by atoms with Gasteiger partial charge in [0.25, 0.3) is 0 Å². The standard InChI is InChI=1S/C22H33NO6S8/c1-30-17-18(31-14-2-3-23)35-21(34-17)22-36-19(32-15-12-28-10-8-26-6-4-24)20(37-22)33-16-13-29-11-9-27-7-5-25/h24-25H,2,4-16H2,1H3. The predicted molar refractivity (Wildman–Crippen MR) is 170 cm³/mol. The van der Waals surface area contributed by atoms with Crippen molar-refractivity contribution in [2.24, 2.45) is 0 Å². The number of thioether (sulfide) groups is 8. The van der Waals surface area contributed by atoms with Crippen molar-refractivity contribution in [3.8, 4) is 6.07 Å². The van der Waals surface area contributed by atoms with Gasteiger partial charge in [0.2, 0.25) is 0 Å². The SMILES string of the molecule is CSC1=C(SCCC#N)SC(=C2SC(SCCOCCOCCO)=C(SCCOCCOCCO)S2)S1. The highest BCUT2D eigenvalue weighted by molar-refractivity contribution is 8.45. The van der Waals surface area contributed by atoms with Crippen molar-refractivity contribution in [2.75, 3.05) is 89.6 Å². The molecule has 0 aromatic heterocycles. The van der Waals surface area contributed by atoms with Crippen molar-refractivity contribution in [3.05, 3.63) is 25.4 Å². The van der Waals surface area contributed by atoms with Crippen LogP contribution in [0.2, 0.25) is 0 Å². The summed E-state index contributed by atoms with van der Waals surface area (Å²) >= 11 is 14.6. The molecular formula is C22H33NO6S8. The van der Waals surface area contributed by atoms with E-state index in [-0.39, 0.29) is 13.2 Å². The Hall–Kier alpha value is 1.27. The zero-order chi connectivity index (χ0) is 26.6. The number of nitrogens with zero attached hydrogens (tertiary/aromatic N) is 1. The summed E-state index contributed by atoms with van der Waals surface area (Å²) in [5.74, 6) is 2.54. The maximum Gasteiger partial charge on any atom is 0.0717 e. The molecule has 7 nitrogen and oxygen atoms in total. The third kappa shape index (κ3) is 14.6. The summed E-state index contributed by atoms with van der Waals surface area (Å²) in [5.41, 5.74) is 0. The summed E-state index contributed by atoms with van der Waals surface area (Å²) in [7, 11) is 0. The number of ether oxygens (including phenoxy) is 4. The van der Waals surface area contributed by atoms with Crippen molar-refractivity contribution >= 4 is 94.1 Å². The van der Waals surface area contributed by atoms with Crippen molar-refractivity contribution in [2.45, 2.75) is 6.42 Å². The van der Waals surface area contributed by atoms with Crippen molar-refractivity contribution in [3.63, 3.8) is 0 Å². The average molecular weight is 664 g/mol. The molecule has 2 aliphatic rings.